The van der Waals surface area contributed by atoms with Gasteiger partial charge >= 0.3 is 0 Å². The minimum Gasteiger partial charge on any atom is -0.409 e. The van der Waals surface area contributed by atoms with E-state index in [2.05, 4.69) is 15.5 Å². The number of nitrogens with zero attached hydrogens (tertiary/aromatic N) is 2. The molecule has 6 nitrogen and oxygen atoms in total. The number of rotatable bonds is 6. The maximum Gasteiger partial charge on any atom is 0.270 e. The Morgan fingerprint density at radius 2 is 2.33 bits per heavy atom. The number of aromatic nitrogens is 1. The zero-order valence-corrected chi connectivity index (χ0v) is 10.4. The summed E-state index contributed by atoms with van der Waals surface area (Å²) in [5, 5.41) is 14.0. The minimum atomic E-state index is -0.170. The van der Waals surface area contributed by atoms with Crippen molar-refractivity contribution < 1.29 is 10.0 Å². The number of oxime groups is 1. The van der Waals surface area contributed by atoms with Crippen molar-refractivity contribution in [1.29, 1.82) is 0 Å². The predicted octanol–water partition coefficient (Wildman–Crippen LogP) is 1.04. The van der Waals surface area contributed by atoms with Gasteiger partial charge in [0, 0.05) is 19.2 Å². The lowest BCUT2D eigenvalue weighted by atomic mass is 10.2. The summed E-state index contributed by atoms with van der Waals surface area (Å²) in [6, 6.07) is 3.64. The summed E-state index contributed by atoms with van der Waals surface area (Å²) < 4.78 is 0. The van der Waals surface area contributed by atoms with Crippen LogP contribution in [0.5, 0.6) is 0 Å². The number of unbranched alkanes of at least 4 members (excludes halogenated alkanes) is 1. The Bertz CT molecular complexity index is 432. The summed E-state index contributed by atoms with van der Waals surface area (Å²) >= 11 is 0. The molecule has 1 aromatic rings. The van der Waals surface area contributed by atoms with Crippen LogP contribution in [0.1, 0.15) is 35.3 Å². The molecule has 0 unspecified atom stereocenters. The molecule has 0 aliphatic rings. The maximum absolute atomic E-state index is 11.8. The molecular weight excluding hydrogens is 232 g/mol. The van der Waals surface area contributed by atoms with Gasteiger partial charge in [-0.1, -0.05) is 11.2 Å². The van der Waals surface area contributed by atoms with Crippen molar-refractivity contribution in [2.45, 2.75) is 26.2 Å². The Labute approximate surface area is 106 Å². The second-order valence-corrected chi connectivity index (χ2v) is 3.97. The summed E-state index contributed by atoms with van der Waals surface area (Å²) in [7, 11) is 0. The van der Waals surface area contributed by atoms with E-state index in [1.807, 2.05) is 13.0 Å². The second-order valence-electron chi connectivity index (χ2n) is 3.97. The van der Waals surface area contributed by atoms with Gasteiger partial charge in [0.15, 0.2) is 0 Å². The number of carbonyl (C=O) groups is 1. The molecule has 1 aromatic heterocycles. The van der Waals surface area contributed by atoms with Crippen molar-refractivity contribution in [3.8, 4) is 0 Å². The molecule has 98 valence electrons. The third kappa shape index (κ3) is 4.40. The highest BCUT2D eigenvalue weighted by Gasteiger charge is 2.08. The van der Waals surface area contributed by atoms with Crippen LogP contribution in [0.3, 0.4) is 0 Å². The van der Waals surface area contributed by atoms with E-state index >= 15 is 0 Å². The first-order valence-electron chi connectivity index (χ1n) is 5.81. The molecule has 0 aromatic carbocycles. The largest absolute Gasteiger partial charge is 0.409 e. The van der Waals surface area contributed by atoms with Crippen molar-refractivity contribution in [2.24, 2.45) is 10.9 Å². The summed E-state index contributed by atoms with van der Waals surface area (Å²) in [5.41, 5.74) is 6.63. The van der Waals surface area contributed by atoms with Crippen LogP contribution < -0.4 is 11.1 Å². The van der Waals surface area contributed by atoms with Crippen LogP contribution in [0.15, 0.2) is 23.5 Å². The molecule has 0 aliphatic carbocycles. The van der Waals surface area contributed by atoms with Crippen molar-refractivity contribution in [3.05, 3.63) is 29.6 Å². The van der Waals surface area contributed by atoms with E-state index in [9.17, 15) is 4.79 Å². The molecule has 0 spiro atoms. The van der Waals surface area contributed by atoms with Crippen molar-refractivity contribution in [2.75, 3.05) is 6.54 Å². The van der Waals surface area contributed by atoms with E-state index in [0.717, 1.165) is 18.4 Å². The van der Waals surface area contributed by atoms with Gasteiger partial charge in [-0.05, 0) is 31.4 Å². The van der Waals surface area contributed by atoms with Crippen molar-refractivity contribution >= 4 is 11.7 Å². The van der Waals surface area contributed by atoms with Gasteiger partial charge in [-0.25, -0.2) is 0 Å². The van der Waals surface area contributed by atoms with E-state index in [1.165, 1.54) is 0 Å². The predicted molar refractivity (Wildman–Crippen MR) is 68.6 cm³/mol. The van der Waals surface area contributed by atoms with Gasteiger partial charge in [-0.15, -0.1) is 0 Å². The molecule has 0 atom stereocenters. The highest BCUT2D eigenvalue weighted by atomic mass is 16.4. The van der Waals surface area contributed by atoms with Gasteiger partial charge in [0.2, 0.25) is 0 Å². The Balaban J connectivity index is 2.28. The highest BCUT2D eigenvalue weighted by Crippen LogP contribution is 2.02. The van der Waals surface area contributed by atoms with Gasteiger partial charge in [-0.2, -0.15) is 0 Å². The average Bonchev–Trinajstić information content (AvgIpc) is 2.38. The number of amidine groups is 1. The Morgan fingerprint density at radius 1 is 1.56 bits per heavy atom. The fourth-order valence-corrected chi connectivity index (χ4v) is 1.49. The first-order valence-corrected chi connectivity index (χ1v) is 5.81. The molecule has 1 amide bonds. The number of hydrogen-bond acceptors (Lipinski definition) is 4. The number of pyridine rings is 1. The molecule has 0 radical (unpaired) electrons. The van der Waals surface area contributed by atoms with Crippen LogP contribution in [-0.4, -0.2) is 28.5 Å². The lowest BCUT2D eigenvalue weighted by Crippen LogP contribution is -2.26. The Kier molecular flexibility index (Phi) is 5.63. The molecule has 0 saturated heterocycles. The second kappa shape index (κ2) is 7.26. The van der Waals surface area contributed by atoms with E-state index in [-0.39, 0.29) is 11.7 Å². The van der Waals surface area contributed by atoms with Gasteiger partial charge in [0.25, 0.3) is 5.91 Å². The molecule has 18 heavy (non-hydrogen) atoms. The van der Waals surface area contributed by atoms with Crippen LogP contribution in [-0.2, 0) is 0 Å². The van der Waals surface area contributed by atoms with Crippen molar-refractivity contribution in [1.82, 2.24) is 10.3 Å². The number of amides is 1. The minimum absolute atomic E-state index is 0.170. The van der Waals surface area contributed by atoms with Crippen molar-refractivity contribution in [3.63, 3.8) is 0 Å². The van der Waals surface area contributed by atoms with Gasteiger partial charge in [-0.3, -0.25) is 9.78 Å². The number of aryl methyl sites for hydroxylation is 1. The molecule has 0 bridgehead atoms. The first kappa shape index (κ1) is 14.0. The normalized spacial score (nSPS) is 11.3. The topological polar surface area (TPSA) is 101 Å². The van der Waals surface area contributed by atoms with E-state index < -0.39 is 0 Å². The monoisotopic (exact) mass is 250 g/mol. The fraction of sp³-hybridized carbons (Fsp3) is 0.417. The van der Waals surface area contributed by atoms with Crippen LogP contribution in [0.25, 0.3) is 0 Å². The summed E-state index contributed by atoms with van der Waals surface area (Å²) in [4.78, 5) is 15.8. The summed E-state index contributed by atoms with van der Waals surface area (Å²) in [5.74, 6) is 0.0406. The molecule has 0 fully saturated rings. The van der Waals surface area contributed by atoms with E-state index in [0.29, 0.717) is 18.7 Å². The SMILES string of the molecule is Cc1cccnc1C(=O)NCCCCC(N)=NO. The standard InChI is InChI=1S/C12H18N4O2/c1-9-5-4-8-14-11(9)12(17)15-7-3-2-6-10(13)16-18/h4-5,8,18H,2-3,6-7H2,1H3,(H2,13,16)(H,15,17). The highest BCUT2D eigenvalue weighted by molar-refractivity contribution is 5.93. The molecule has 0 aliphatic heterocycles. The lowest BCUT2D eigenvalue weighted by Gasteiger charge is -2.06. The molecule has 1 rings (SSSR count). The number of carbonyl (C=O) groups excluding carboxylic acids is 1. The number of hydrogen-bond donors (Lipinski definition) is 3. The molecule has 1 heterocycles. The van der Waals surface area contributed by atoms with Crippen LogP contribution in [0, 0.1) is 6.92 Å². The smallest absolute Gasteiger partial charge is 0.270 e. The number of nitrogens with one attached hydrogen (secondary N) is 1. The quantitative estimate of drug-likeness (QED) is 0.231. The summed E-state index contributed by atoms with van der Waals surface area (Å²) in [6.45, 7) is 2.40. The maximum atomic E-state index is 11.8. The summed E-state index contributed by atoms with van der Waals surface area (Å²) in [6.07, 6.45) is 3.65. The van der Waals surface area contributed by atoms with E-state index in [4.69, 9.17) is 10.9 Å². The van der Waals surface area contributed by atoms with Crippen LogP contribution in [0.4, 0.5) is 0 Å². The molecule has 0 saturated carbocycles. The lowest BCUT2D eigenvalue weighted by molar-refractivity contribution is 0.0947. The van der Waals surface area contributed by atoms with Gasteiger partial charge in [0.05, 0.1) is 0 Å². The van der Waals surface area contributed by atoms with Gasteiger partial charge < -0.3 is 16.3 Å². The zero-order chi connectivity index (χ0) is 13.4. The third-order valence-electron chi connectivity index (χ3n) is 2.50. The third-order valence-corrected chi connectivity index (χ3v) is 2.50. The van der Waals surface area contributed by atoms with Crippen LogP contribution in [0.2, 0.25) is 0 Å². The van der Waals surface area contributed by atoms with E-state index in [1.54, 1.807) is 12.3 Å². The molecular formula is C12H18N4O2. The van der Waals surface area contributed by atoms with Crippen LogP contribution >= 0.6 is 0 Å². The average molecular weight is 250 g/mol. The first-order chi connectivity index (χ1) is 8.65. The fourth-order valence-electron chi connectivity index (χ4n) is 1.49. The number of nitrogens with two attached hydrogens (primary N) is 1. The van der Waals surface area contributed by atoms with Gasteiger partial charge in [0.1, 0.15) is 11.5 Å². The zero-order valence-electron chi connectivity index (χ0n) is 10.4. The molecule has 6 heteroatoms. The molecule has 4 N–H and O–H groups in total. The Hall–Kier alpha value is -2.11. The Morgan fingerprint density at radius 3 is 3.00 bits per heavy atom.